The largest absolute Gasteiger partial charge is 0.508 e. The number of aromatic hydroxyl groups is 1. The molecule has 0 spiro atoms. The molecule has 0 aliphatic carbocycles. The normalized spacial score (nSPS) is 12.1. The van der Waals surface area contributed by atoms with E-state index in [9.17, 15) is 15.0 Å². The van der Waals surface area contributed by atoms with Crippen molar-refractivity contribution in [1.82, 2.24) is 9.55 Å². The number of fused-ring (bicyclic) bond motifs is 2. The summed E-state index contributed by atoms with van der Waals surface area (Å²) < 4.78 is 8.19. The zero-order chi connectivity index (χ0) is 24.2. The fraction of sp³-hybridized carbons (Fsp3) is 0.259. The van der Waals surface area contributed by atoms with Gasteiger partial charge in [-0.15, -0.1) is 11.3 Å². The molecule has 3 aromatic heterocycles. The number of phenolic OH excluding ortho intramolecular Hbond substituents is 1. The van der Waals surface area contributed by atoms with Gasteiger partial charge >= 0.3 is 5.97 Å². The smallest absolute Gasteiger partial charge is 0.307 e. The lowest BCUT2D eigenvalue weighted by molar-refractivity contribution is -0.136. The number of benzene rings is 2. The third-order valence-electron chi connectivity index (χ3n) is 6.17. The van der Waals surface area contributed by atoms with E-state index in [1.165, 1.54) is 0 Å². The molecule has 0 fully saturated rings. The van der Waals surface area contributed by atoms with Crippen molar-refractivity contribution in [2.75, 3.05) is 0 Å². The van der Waals surface area contributed by atoms with Crippen LogP contribution in [0.1, 0.15) is 43.3 Å². The Morgan fingerprint density at radius 3 is 2.65 bits per heavy atom. The number of phenols is 1. The molecule has 5 aromatic rings. The standard InChI is InChI=1S/C27H26N2O4S/c1-15-19(12-25(31)32)20-11-18(30)6-7-21(20)29(15)13-16-5-8-22-17(9-16)10-23(33-22)26-28-24(14-34-26)27(2,3)4/h5-11,14,30H,12-13H2,1-4H3,(H,31,32). The highest BCUT2D eigenvalue weighted by Crippen LogP contribution is 2.34. The number of aliphatic carboxylic acids is 1. The van der Waals surface area contributed by atoms with Crippen LogP contribution in [-0.4, -0.2) is 25.7 Å². The molecule has 0 saturated carbocycles. The van der Waals surface area contributed by atoms with E-state index in [1.54, 1.807) is 23.5 Å². The molecule has 0 amide bonds. The van der Waals surface area contributed by atoms with Gasteiger partial charge in [0, 0.05) is 39.3 Å². The Balaban J connectivity index is 1.52. The molecular weight excluding hydrogens is 448 g/mol. The van der Waals surface area contributed by atoms with Gasteiger partial charge in [0.2, 0.25) is 0 Å². The number of furan rings is 1. The Hall–Kier alpha value is -3.58. The highest BCUT2D eigenvalue weighted by Gasteiger charge is 2.20. The summed E-state index contributed by atoms with van der Waals surface area (Å²) in [5, 5.41) is 24.1. The summed E-state index contributed by atoms with van der Waals surface area (Å²) in [6.07, 6.45) is -0.0900. The number of aromatic nitrogens is 2. The van der Waals surface area contributed by atoms with Crippen molar-refractivity contribution in [2.45, 2.75) is 46.1 Å². The number of carbonyl (C=O) groups is 1. The quantitative estimate of drug-likeness (QED) is 0.304. The molecule has 7 heteroatoms. The van der Waals surface area contributed by atoms with Crippen LogP contribution in [0.2, 0.25) is 0 Å². The van der Waals surface area contributed by atoms with Gasteiger partial charge in [0.05, 0.1) is 12.1 Å². The van der Waals surface area contributed by atoms with Crippen molar-refractivity contribution in [1.29, 1.82) is 0 Å². The predicted octanol–water partition coefficient (Wildman–Crippen LogP) is 6.50. The predicted molar refractivity (Wildman–Crippen MR) is 135 cm³/mol. The molecule has 2 aromatic carbocycles. The van der Waals surface area contributed by atoms with Crippen LogP contribution in [0.4, 0.5) is 0 Å². The molecule has 0 aliphatic rings. The van der Waals surface area contributed by atoms with E-state index in [4.69, 9.17) is 9.40 Å². The van der Waals surface area contributed by atoms with Gasteiger partial charge in [-0.25, -0.2) is 4.98 Å². The fourth-order valence-electron chi connectivity index (χ4n) is 4.33. The van der Waals surface area contributed by atoms with Crippen molar-refractivity contribution in [3.05, 3.63) is 70.4 Å². The first-order valence-electron chi connectivity index (χ1n) is 11.1. The van der Waals surface area contributed by atoms with Crippen molar-refractivity contribution in [3.8, 4) is 16.5 Å². The summed E-state index contributed by atoms with van der Waals surface area (Å²) in [5.41, 5.74) is 5.42. The molecule has 3 heterocycles. The monoisotopic (exact) mass is 474 g/mol. The van der Waals surface area contributed by atoms with Crippen LogP contribution in [0.25, 0.3) is 32.6 Å². The molecule has 0 radical (unpaired) electrons. The molecule has 0 aliphatic heterocycles. The third-order valence-corrected chi connectivity index (χ3v) is 7.03. The maximum Gasteiger partial charge on any atom is 0.307 e. The summed E-state index contributed by atoms with van der Waals surface area (Å²) in [6.45, 7) is 8.94. The minimum absolute atomic E-state index is 0.0123. The maximum atomic E-state index is 11.5. The molecule has 5 rings (SSSR count). The summed E-state index contributed by atoms with van der Waals surface area (Å²) in [4.78, 5) is 16.2. The Morgan fingerprint density at radius 2 is 1.94 bits per heavy atom. The van der Waals surface area contributed by atoms with Crippen LogP contribution in [0, 0.1) is 6.92 Å². The van der Waals surface area contributed by atoms with E-state index in [0.29, 0.717) is 6.54 Å². The molecule has 174 valence electrons. The topological polar surface area (TPSA) is 88.5 Å². The van der Waals surface area contributed by atoms with Crippen molar-refractivity contribution >= 4 is 39.2 Å². The maximum absolute atomic E-state index is 11.5. The average molecular weight is 475 g/mol. The number of carboxylic acid groups (broad SMARTS) is 1. The molecule has 0 bridgehead atoms. The lowest BCUT2D eigenvalue weighted by atomic mass is 9.93. The van der Waals surface area contributed by atoms with Gasteiger partial charge in [-0.2, -0.15) is 0 Å². The zero-order valence-electron chi connectivity index (χ0n) is 19.5. The van der Waals surface area contributed by atoms with Crippen LogP contribution in [-0.2, 0) is 23.2 Å². The van der Waals surface area contributed by atoms with Crippen molar-refractivity contribution < 1.29 is 19.4 Å². The highest BCUT2D eigenvalue weighted by atomic mass is 32.1. The summed E-state index contributed by atoms with van der Waals surface area (Å²) in [5.74, 6) is -0.00968. The molecule has 2 N–H and O–H groups in total. The molecular formula is C27H26N2O4S. The Morgan fingerprint density at radius 1 is 1.15 bits per heavy atom. The second-order valence-corrected chi connectivity index (χ2v) is 10.6. The van der Waals surface area contributed by atoms with E-state index in [2.05, 4.69) is 36.8 Å². The number of carboxylic acids is 1. The van der Waals surface area contributed by atoms with Gasteiger partial charge in [-0.05, 0) is 54.4 Å². The molecule has 0 atom stereocenters. The molecule has 0 saturated heterocycles. The number of hydrogen-bond donors (Lipinski definition) is 2. The number of rotatable bonds is 5. The zero-order valence-corrected chi connectivity index (χ0v) is 20.4. The summed E-state index contributed by atoms with van der Waals surface area (Å²) >= 11 is 1.59. The Bertz CT molecular complexity index is 1550. The number of nitrogens with zero attached hydrogens (tertiary/aromatic N) is 2. The van der Waals surface area contributed by atoms with Crippen LogP contribution in [0.3, 0.4) is 0 Å². The van der Waals surface area contributed by atoms with Crippen LogP contribution < -0.4 is 0 Å². The number of hydrogen-bond acceptors (Lipinski definition) is 5. The third kappa shape index (κ3) is 3.96. The van der Waals surface area contributed by atoms with Gasteiger partial charge in [-0.1, -0.05) is 26.8 Å². The average Bonchev–Trinajstić information content (AvgIpc) is 3.46. The molecule has 0 unspecified atom stereocenters. The SMILES string of the molecule is Cc1c(CC(=O)O)c2cc(O)ccc2n1Cc1ccc2oc(-c3nc(C(C)(C)C)cs3)cc2c1. The lowest BCUT2D eigenvalue weighted by Gasteiger charge is -2.13. The lowest BCUT2D eigenvalue weighted by Crippen LogP contribution is -2.11. The van der Waals surface area contributed by atoms with E-state index in [-0.39, 0.29) is 17.6 Å². The minimum Gasteiger partial charge on any atom is -0.508 e. The first-order chi connectivity index (χ1) is 16.1. The first kappa shape index (κ1) is 22.2. The first-order valence-corrected chi connectivity index (χ1v) is 12.0. The second kappa shape index (κ2) is 8.02. The van der Waals surface area contributed by atoms with Crippen molar-refractivity contribution in [3.63, 3.8) is 0 Å². The van der Waals surface area contributed by atoms with E-state index in [0.717, 1.165) is 55.2 Å². The van der Waals surface area contributed by atoms with Crippen LogP contribution >= 0.6 is 11.3 Å². The van der Waals surface area contributed by atoms with E-state index < -0.39 is 5.97 Å². The van der Waals surface area contributed by atoms with Crippen LogP contribution in [0.15, 0.2) is 52.3 Å². The minimum atomic E-state index is -0.894. The summed E-state index contributed by atoms with van der Waals surface area (Å²) in [7, 11) is 0. The van der Waals surface area contributed by atoms with E-state index >= 15 is 0 Å². The van der Waals surface area contributed by atoms with Gasteiger partial charge in [0.25, 0.3) is 0 Å². The van der Waals surface area contributed by atoms with Gasteiger partial charge in [0.1, 0.15) is 11.3 Å². The highest BCUT2D eigenvalue weighted by molar-refractivity contribution is 7.13. The van der Waals surface area contributed by atoms with Crippen molar-refractivity contribution in [2.24, 2.45) is 0 Å². The fourth-order valence-corrected chi connectivity index (χ4v) is 5.33. The Kier molecular flexibility index (Phi) is 5.24. The van der Waals surface area contributed by atoms with Gasteiger partial charge < -0.3 is 19.2 Å². The Labute approximate surface area is 201 Å². The van der Waals surface area contributed by atoms with Gasteiger partial charge in [0.15, 0.2) is 10.8 Å². The molecule has 34 heavy (non-hydrogen) atoms. The molecule has 6 nitrogen and oxygen atoms in total. The summed E-state index contributed by atoms with van der Waals surface area (Å²) in [6, 6.07) is 13.2. The van der Waals surface area contributed by atoms with Crippen LogP contribution in [0.5, 0.6) is 5.75 Å². The number of thiazole rings is 1. The van der Waals surface area contributed by atoms with Gasteiger partial charge in [-0.3, -0.25) is 4.79 Å². The van der Waals surface area contributed by atoms with E-state index in [1.807, 2.05) is 31.2 Å². The second-order valence-electron chi connectivity index (χ2n) is 9.69.